The van der Waals surface area contributed by atoms with Gasteiger partial charge in [0, 0.05) is 30.9 Å². The van der Waals surface area contributed by atoms with Crippen LogP contribution in [0.25, 0.3) is 11.0 Å². The zero-order valence-electron chi connectivity index (χ0n) is 22.5. The lowest BCUT2D eigenvalue weighted by Crippen LogP contribution is -2.49. The number of hydrogen-bond donors (Lipinski definition) is 2. The molecule has 13 heteroatoms. The smallest absolute Gasteiger partial charge is 0.357 e. The van der Waals surface area contributed by atoms with Crippen LogP contribution in [-0.4, -0.2) is 71.0 Å². The molecule has 5 rings (SSSR count). The molecule has 12 nitrogen and oxygen atoms in total. The van der Waals surface area contributed by atoms with Crippen molar-refractivity contribution in [1.82, 2.24) is 14.9 Å². The average molecular weight is 584 g/mol. The Morgan fingerprint density at radius 2 is 1.93 bits per heavy atom. The predicted octanol–water partition coefficient (Wildman–Crippen LogP) is 4.05. The monoisotopic (exact) mass is 583 g/mol. The van der Waals surface area contributed by atoms with E-state index in [9.17, 15) is 19.2 Å². The maximum atomic E-state index is 13.5. The highest BCUT2D eigenvalue weighted by molar-refractivity contribution is 6.30. The summed E-state index contributed by atoms with van der Waals surface area (Å²) in [6.07, 6.45) is 5.80. The van der Waals surface area contributed by atoms with Gasteiger partial charge in [-0.25, -0.2) is 14.8 Å². The number of aromatic nitrogens is 2. The summed E-state index contributed by atoms with van der Waals surface area (Å²) in [5, 5.41) is 6.05. The van der Waals surface area contributed by atoms with Crippen LogP contribution in [0.1, 0.15) is 60.1 Å². The molecule has 2 aliphatic rings. The molecule has 1 saturated carbocycles. The van der Waals surface area contributed by atoms with Crippen molar-refractivity contribution in [3.05, 3.63) is 47.1 Å². The van der Waals surface area contributed by atoms with Crippen LogP contribution in [0, 0.1) is 5.92 Å². The molecule has 1 aliphatic heterocycles. The summed E-state index contributed by atoms with van der Waals surface area (Å²) < 4.78 is 16.4. The topological polar surface area (TPSA) is 153 Å². The van der Waals surface area contributed by atoms with Gasteiger partial charge in [0.2, 0.25) is 17.6 Å². The predicted molar refractivity (Wildman–Crippen MR) is 149 cm³/mol. The molecule has 3 aromatic rings. The normalized spacial score (nSPS) is 19.2. The highest BCUT2D eigenvalue weighted by Crippen LogP contribution is 2.36. The summed E-state index contributed by atoms with van der Waals surface area (Å²) in [5.41, 5.74) is 0.134. The van der Waals surface area contributed by atoms with Gasteiger partial charge in [-0.1, -0.05) is 18.5 Å². The van der Waals surface area contributed by atoms with E-state index in [0.717, 1.165) is 0 Å². The number of carbonyl (C=O) groups is 4. The van der Waals surface area contributed by atoms with Crippen molar-refractivity contribution < 1.29 is 33.1 Å². The second-order valence-corrected chi connectivity index (χ2v) is 10.4. The molecule has 1 aliphatic carbocycles. The third-order valence-electron chi connectivity index (χ3n) is 7.19. The lowest BCUT2D eigenvalue weighted by Gasteiger charge is -2.38. The van der Waals surface area contributed by atoms with Crippen molar-refractivity contribution in [3.8, 4) is 0 Å². The number of fused-ring (bicyclic) bond motifs is 1. The highest BCUT2D eigenvalue weighted by Gasteiger charge is 2.34. The summed E-state index contributed by atoms with van der Waals surface area (Å²) >= 11 is 5.90. The first-order valence-corrected chi connectivity index (χ1v) is 13.9. The average Bonchev–Trinajstić information content (AvgIpc) is 3.36. The molecule has 3 aromatic heterocycles. The van der Waals surface area contributed by atoms with Gasteiger partial charge in [-0.15, -0.1) is 0 Å². The Morgan fingerprint density at radius 1 is 1.12 bits per heavy atom. The number of hydrogen-bond acceptors (Lipinski definition) is 9. The molecule has 2 N–H and O–H groups in total. The second-order valence-electron chi connectivity index (χ2n) is 9.92. The van der Waals surface area contributed by atoms with E-state index in [1.807, 2.05) is 11.8 Å². The van der Waals surface area contributed by atoms with Crippen molar-refractivity contribution in [2.45, 2.75) is 45.1 Å². The lowest BCUT2D eigenvalue weighted by molar-refractivity contribution is -0.146. The Hall–Kier alpha value is -4.03. The molecule has 1 saturated heterocycles. The molecule has 3 amide bonds. The maximum Gasteiger partial charge on any atom is 0.357 e. The minimum atomic E-state index is -0.698. The fourth-order valence-electron chi connectivity index (χ4n) is 5.16. The molecule has 0 bridgehead atoms. The number of furan rings is 1. The van der Waals surface area contributed by atoms with E-state index in [2.05, 4.69) is 20.6 Å². The van der Waals surface area contributed by atoms with Gasteiger partial charge in [0.25, 0.3) is 5.91 Å². The van der Waals surface area contributed by atoms with Gasteiger partial charge in [-0.2, -0.15) is 0 Å². The van der Waals surface area contributed by atoms with Crippen molar-refractivity contribution in [2.75, 3.05) is 37.0 Å². The summed E-state index contributed by atoms with van der Waals surface area (Å²) in [6, 6.07) is 4.65. The molecular weight excluding hydrogens is 554 g/mol. The van der Waals surface area contributed by atoms with Crippen molar-refractivity contribution in [1.29, 1.82) is 0 Å². The molecule has 0 aromatic carbocycles. The Labute approximate surface area is 240 Å². The van der Waals surface area contributed by atoms with Crippen LogP contribution in [0.2, 0.25) is 5.02 Å². The number of halogens is 1. The largest absolute Gasteiger partial charge is 0.461 e. The summed E-state index contributed by atoms with van der Waals surface area (Å²) in [4.78, 5) is 62.1. The summed E-state index contributed by atoms with van der Waals surface area (Å²) in [5.74, 6) is -2.11. The number of nitrogens with one attached hydrogen (secondary N) is 2. The Balaban J connectivity index is 1.41. The molecule has 0 radical (unpaired) electrons. The summed E-state index contributed by atoms with van der Waals surface area (Å²) in [7, 11) is 0. The fourth-order valence-corrected chi connectivity index (χ4v) is 5.27. The number of anilines is 2. The van der Waals surface area contributed by atoms with Gasteiger partial charge in [0.15, 0.2) is 5.69 Å². The second kappa shape index (κ2) is 12.6. The third-order valence-corrected chi connectivity index (χ3v) is 7.41. The number of esters is 1. The number of nitrogens with zero attached hydrogens (tertiary/aromatic N) is 3. The number of morpholine rings is 1. The Bertz CT molecular complexity index is 1450. The van der Waals surface area contributed by atoms with E-state index < -0.39 is 11.9 Å². The van der Waals surface area contributed by atoms with Gasteiger partial charge in [-0.3, -0.25) is 14.4 Å². The van der Waals surface area contributed by atoms with Crippen LogP contribution in [0.4, 0.5) is 11.5 Å². The number of carbonyl (C=O) groups excluding carboxylic acids is 4. The molecule has 0 spiro atoms. The molecule has 4 heterocycles. The molecular formula is C28H30ClN5O7. The Kier molecular flexibility index (Phi) is 8.79. The van der Waals surface area contributed by atoms with Gasteiger partial charge >= 0.3 is 5.97 Å². The van der Waals surface area contributed by atoms with Crippen molar-refractivity contribution in [3.63, 3.8) is 0 Å². The minimum Gasteiger partial charge on any atom is -0.461 e. The van der Waals surface area contributed by atoms with Crippen molar-refractivity contribution >= 4 is 57.8 Å². The number of pyridine rings is 2. The quantitative estimate of drug-likeness (QED) is 0.374. The van der Waals surface area contributed by atoms with E-state index >= 15 is 0 Å². The van der Waals surface area contributed by atoms with Gasteiger partial charge in [0.05, 0.1) is 23.6 Å². The van der Waals surface area contributed by atoms with Crippen LogP contribution in [-0.2, 0) is 19.1 Å². The number of ether oxygens (including phenoxy) is 2. The molecule has 0 atom stereocenters. The molecule has 216 valence electrons. The van der Waals surface area contributed by atoms with Crippen LogP contribution in [0.5, 0.6) is 0 Å². The van der Waals surface area contributed by atoms with Crippen LogP contribution < -0.4 is 10.6 Å². The van der Waals surface area contributed by atoms with E-state index in [0.29, 0.717) is 50.3 Å². The summed E-state index contributed by atoms with van der Waals surface area (Å²) in [6.45, 7) is 3.18. The van der Waals surface area contributed by atoms with Crippen LogP contribution >= 0.6 is 11.6 Å². The number of rotatable bonds is 8. The first kappa shape index (κ1) is 28.5. The van der Waals surface area contributed by atoms with Gasteiger partial charge in [0.1, 0.15) is 23.7 Å². The van der Waals surface area contributed by atoms with Gasteiger partial charge in [-0.05, 0) is 50.3 Å². The number of amides is 3. The van der Waals surface area contributed by atoms with E-state index in [1.165, 1.54) is 24.5 Å². The first-order valence-electron chi connectivity index (χ1n) is 13.5. The zero-order chi connectivity index (χ0) is 28.9. The fraction of sp³-hybridized carbons (Fsp3) is 0.429. The van der Waals surface area contributed by atoms with Crippen LogP contribution in [0.15, 0.2) is 35.0 Å². The zero-order valence-corrected chi connectivity index (χ0v) is 23.2. The van der Waals surface area contributed by atoms with Crippen molar-refractivity contribution in [2.24, 2.45) is 5.92 Å². The molecule has 41 heavy (non-hydrogen) atoms. The standard InChI is InChI=1S/C28H30ClN5O7/c1-2-12-40-28(38)24-22-19(9-10-30-24)41-25(27(37)32-20-8-5-17(29)14-31-20)23(22)33-26(36)16-3-6-18(7-4-16)34-11-13-39-15-21(34)35/h5,8-10,14,16,18H,2-4,6-7,11-13,15H2,1H3,(H,33,36)(H,31,32,37)/t16-,18-. The third kappa shape index (κ3) is 6.33. The van der Waals surface area contributed by atoms with Gasteiger partial charge < -0.3 is 29.4 Å². The molecule has 2 fully saturated rings. The first-order chi connectivity index (χ1) is 19.9. The molecule has 0 unspecified atom stereocenters. The SMILES string of the molecule is CCCOC(=O)c1nccc2oc(C(=O)Nc3ccc(Cl)cn3)c(NC(=O)[C@H]3CC[C@H](N4CCOCC4=O)CC3)c12. The van der Waals surface area contributed by atoms with Crippen LogP contribution in [0.3, 0.4) is 0 Å². The van der Waals surface area contributed by atoms with E-state index in [1.54, 1.807) is 6.07 Å². The maximum absolute atomic E-state index is 13.5. The van der Waals surface area contributed by atoms with E-state index in [4.69, 9.17) is 25.5 Å². The minimum absolute atomic E-state index is 0.0264. The van der Waals surface area contributed by atoms with E-state index in [-0.39, 0.29) is 70.9 Å². The lowest BCUT2D eigenvalue weighted by atomic mass is 9.84. The Morgan fingerprint density at radius 3 is 2.63 bits per heavy atom. The highest BCUT2D eigenvalue weighted by atomic mass is 35.5.